The standard InChI is InChI=1S/C24H30Cl2N2O2S/c1-4-11-27-24(30)22(5-2)28(14-18-9-10-20(25)21(26)13-18)23(29)16-31-15-19-8-6-7-17(3)12-19/h6-10,12-13,22H,4-5,11,14-16H2,1-3H3,(H,27,30)/t22-/m0/s1. The molecule has 0 aromatic heterocycles. The maximum absolute atomic E-state index is 13.2. The number of nitrogens with one attached hydrogen (secondary N) is 1. The van der Waals surface area contributed by atoms with Gasteiger partial charge in [0.25, 0.3) is 0 Å². The summed E-state index contributed by atoms with van der Waals surface area (Å²) in [7, 11) is 0. The van der Waals surface area contributed by atoms with E-state index in [9.17, 15) is 9.59 Å². The Balaban J connectivity index is 2.14. The van der Waals surface area contributed by atoms with Gasteiger partial charge in [0.2, 0.25) is 11.8 Å². The predicted molar refractivity (Wildman–Crippen MR) is 132 cm³/mol. The number of thioether (sulfide) groups is 1. The second-order valence-corrected chi connectivity index (χ2v) is 9.27. The first-order valence-electron chi connectivity index (χ1n) is 10.5. The van der Waals surface area contributed by atoms with Gasteiger partial charge in [-0.3, -0.25) is 9.59 Å². The van der Waals surface area contributed by atoms with Crippen LogP contribution in [0.4, 0.5) is 0 Å². The van der Waals surface area contributed by atoms with Crippen molar-refractivity contribution < 1.29 is 9.59 Å². The Labute approximate surface area is 199 Å². The van der Waals surface area contributed by atoms with Gasteiger partial charge in [-0.05, 0) is 43.0 Å². The van der Waals surface area contributed by atoms with E-state index in [1.807, 2.05) is 26.0 Å². The van der Waals surface area contributed by atoms with Crippen LogP contribution in [0.5, 0.6) is 0 Å². The van der Waals surface area contributed by atoms with Gasteiger partial charge in [-0.1, -0.05) is 72.9 Å². The molecule has 1 atom stereocenters. The molecule has 0 unspecified atom stereocenters. The fourth-order valence-corrected chi connectivity index (χ4v) is 4.44. The topological polar surface area (TPSA) is 49.4 Å². The number of benzene rings is 2. The van der Waals surface area contributed by atoms with Crippen LogP contribution in [0.3, 0.4) is 0 Å². The van der Waals surface area contributed by atoms with Crippen LogP contribution in [0.2, 0.25) is 10.0 Å². The SMILES string of the molecule is CCCNC(=O)[C@H](CC)N(Cc1ccc(Cl)c(Cl)c1)C(=O)CSCc1cccc(C)c1. The molecule has 0 heterocycles. The van der Waals surface area contributed by atoms with E-state index in [2.05, 4.69) is 30.4 Å². The highest BCUT2D eigenvalue weighted by Gasteiger charge is 2.28. The minimum absolute atomic E-state index is 0.0674. The Bertz CT molecular complexity index is 892. The summed E-state index contributed by atoms with van der Waals surface area (Å²) in [4.78, 5) is 27.6. The zero-order valence-electron chi connectivity index (χ0n) is 18.3. The van der Waals surface area contributed by atoms with Gasteiger partial charge in [0.1, 0.15) is 6.04 Å². The lowest BCUT2D eigenvalue weighted by Gasteiger charge is -2.30. The highest BCUT2D eigenvalue weighted by Crippen LogP contribution is 2.24. The molecular formula is C24H30Cl2N2O2S. The van der Waals surface area contributed by atoms with Crippen LogP contribution in [0, 0.1) is 6.92 Å². The lowest BCUT2D eigenvalue weighted by atomic mass is 10.1. The Morgan fingerprint density at radius 1 is 1.06 bits per heavy atom. The average Bonchev–Trinajstić information content (AvgIpc) is 2.74. The second kappa shape index (κ2) is 13.0. The molecule has 2 amide bonds. The lowest BCUT2D eigenvalue weighted by Crippen LogP contribution is -2.49. The summed E-state index contributed by atoms with van der Waals surface area (Å²) in [6.07, 6.45) is 1.38. The summed E-state index contributed by atoms with van der Waals surface area (Å²) in [5, 5.41) is 3.82. The number of nitrogens with zero attached hydrogens (tertiary/aromatic N) is 1. The summed E-state index contributed by atoms with van der Waals surface area (Å²) < 4.78 is 0. The first-order chi connectivity index (χ1) is 14.8. The number of rotatable bonds is 11. The zero-order valence-corrected chi connectivity index (χ0v) is 20.6. The van der Waals surface area contributed by atoms with Crippen molar-refractivity contribution in [3.05, 3.63) is 69.2 Å². The number of hydrogen-bond acceptors (Lipinski definition) is 3. The molecule has 0 bridgehead atoms. The van der Waals surface area contributed by atoms with Gasteiger partial charge in [-0.15, -0.1) is 11.8 Å². The number of carbonyl (C=O) groups excluding carboxylic acids is 2. The highest BCUT2D eigenvalue weighted by atomic mass is 35.5. The van der Waals surface area contributed by atoms with Gasteiger partial charge >= 0.3 is 0 Å². The molecule has 0 aliphatic rings. The molecule has 2 aromatic carbocycles. The van der Waals surface area contributed by atoms with Crippen molar-refractivity contribution in [3.63, 3.8) is 0 Å². The molecule has 7 heteroatoms. The second-order valence-electron chi connectivity index (χ2n) is 7.47. The molecular weight excluding hydrogens is 451 g/mol. The summed E-state index contributed by atoms with van der Waals surface area (Å²) in [6, 6.07) is 13.0. The van der Waals surface area contributed by atoms with E-state index in [-0.39, 0.29) is 11.8 Å². The third kappa shape index (κ3) is 8.06. The maximum Gasteiger partial charge on any atom is 0.242 e. The molecule has 0 radical (unpaired) electrons. The molecule has 1 N–H and O–H groups in total. The smallest absolute Gasteiger partial charge is 0.242 e. The van der Waals surface area contributed by atoms with Crippen molar-refractivity contribution in [1.82, 2.24) is 10.2 Å². The Hall–Kier alpha value is -1.69. The number of hydrogen-bond donors (Lipinski definition) is 1. The van der Waals surface area contributed by atoms with E-state index in [0.717, 1.165) is 17.7 Å². The van der Waals surface area contributed by atoms with Crippen molar-refractivity contribution >= 4 is 46.8 Å². The van der Waals surface area contributed by atoms with E-state index in [1.54, 1.807) is 28.8 Å². The number of carbonyl (C=O) groups is 2. The minimum atomic E-state index is -0.534. The first-order valence-corrected chi connectivity index (χ1v) is 12.4. The van der Waals surface area contributed by atoms with Crippen LogP contribution in [-0.4, -0.2) is 35.1 Å². The zero-order chi connectivity index (χ0) is 22.8. The molecule has 31 heavy (non-hydrogen) atoms. The van der Waals surface area contributed by atoms with Crippen LogP contribution >= 0.6 is 35.0 Å². The molecule has 0 fully saturated rings. The quantitative estimate of drug-likeness (QED) is 0.437. The normalized spacial score (nSPS) is 11.8. The molecule has 0 aliphatic carbocycles. The van der Waals surface area contributed by atoms with Crippen molar-refractivity contribution in [2.45, 2.75) is 52.0 Å². The van der Waals surface area contributed by atoms with Crippen LogP contribution in [0.25, 0.3) is 0 Å². The van der Waals surface area contributed by atoms with Crippen molar-refractivity contribution in [2.24, 2.45) is 0 Å². The van der Waals surface area contributed by atoms with Gasteiger partial charge in [-0.2, -0.15) is 0 Å². The fourth-order valence-electron chi connectivity index (χ4n) is 3.26. The van der Waals surface area contributed by atoms with Gasteiger partial charge in [0.15, 0.2) is 0 Å². The highest BCUT2D eigenvalue weighted by molar-refractivity contribution is 7.99. The summed E-state index contributed by atoms with van der Waals surface area (Å²) in [5.41, 5.74) is 3.22. The summed E-state index contributed by atoms with van der Waals surface area (Å²) in [6.45, 7) is 6.87. The number of amides is 2. The van der Waals surface area contributed by atoms with Crippen LogP contribution in [-0.2, 0) is 21.9 Å². The molecule has 0 aliphatic heterocycles. The maximum atomic E-state index is 13.2. The third-order valence-electron chi connectivity index (χ3n) is 4.85. The van der Waals surface area contributed by atoms with Gasteiger partial charge < -0.3 is 10.2 Å². The van der Waals surface area contributed by atoms with Gasteiger partial charge in [-0.25, -0.2) is 0 Å². The largest absolute Gasteiger partial charge is 0.354 e. The van der Waals surface area contributed by atoms with Crippen molar-refractivity contribution in [1.29, 1.82) is 0 Å². The van der Waals surface area contributed by atoms with E-state index in [0.29, 0.717) is 35.3 Å². The van der Waals surface area contributed by atoms with E-state index in [4.69, 9.17) is 23.2 Å². The Kier molecular flexibility index (Phi) is 10.7. The molecule has 0 saturated heterocycles. The van der Waals surface area contributed by atoms with Gasteiger partial charge in [0.05, 0.1) is 15.8 Å². The van der Waals surface area contributed by atoms with Gasteiger partial charge in [0, 0.05) is 18.8 Å². The summed E-state index contributed by atoms with van der Waals surface area (Å²) >= 11 is 13.8. The minimum Gasteiger partial charge on any atom is -0.354 e. The lowest BCUT2D eigenvalue weighted by molar-refractivity contribution is -0.139. The molecule has 4 nitrogen and oxygen atoms in total. The van der Waals surface area contributed by atoms with Crippen LogP contribution in [0.15, 0.2) is 42.5 Å². The first kappa shape index (κ1) is 25.6. The molecule has 0 spiro atoms. The third-order valence-corrected chi connectivity index (χ3v) is 6.58. The van der Waals surface area contributed by atoms with Crippen LogP contribution < -0.4 is 5.32 Å². The van der Waals surface area contributed by atoms with Crippen molar-refractivity contribution in [2.75, 3.05) is 12.3 Å². The predicted octanol–water partition coefficient (Wildman–Crippen LogP) is 5.87. The number of halogens is 2. The van der Waals surface area contributed by atoms with Crippen molar-refractivity contribution in [3.8, 4) is 0 Å². The van der Waals surface area contributed by atoms with Crippen LogP contribution in [0.1, 0.15) is 43.4 Å². The monoisotopic (exact) mass is 480 g/mol. The Morgan fingerprint density at radius 3 is 2.48 bits per heavy atom. The Morgan fingerprint density at radius 2 is 1.84 bits per heavy atom. The molecule has 168 valence electrons. The van der Waals surface area contributed by atoms with E-state index < -0.39 is 6.04 Å². The molecule has 0 saturated carbocycles. The van der Waals surface area contributed by atoms with E-state index >= 15 is 0 Å². The van der Waals surface area contributed by atoms with E-state index in [1.165, 1.54) is 11.1 Å². The molecule has 2 aromatic rings. The molecule has 2 rings (SSSR count). The number of aryl methyl sites for hydroxylation is 1. The fraction of sp³-hybridized carbons (Fsp3) is 0.417. The summed E-state index contributed by atoms with van der Waals surface area (Å²) in [5.74, 6) is 0.850. The average molecular weight is 481 g/mol.